The van der Waals surface area contributed by atoms with Gasteiger partial charge in [-0.25, -0.2) is 4.98 Å². The van der Waals surface area contributed by atoms with Gasteiger partial charge in [-0.1, -0.05) is 75.3 Å². The predicted octanol–water partition coefficient (Wildman–Crippen LogP) is 6.31. The lowest BCUT2D eigenvalue weighted by Crippen LogP contribution is -2.23. The van der Waals surface area contributed by atoms with Gasteiger partial charge in [0, 0.05) is 17.2 Å². The quantitative estimate of drug-likeness (QED) is 0.563. The first-order chi connectivity index (χ1) is 13.8. The SMILES string of the molecule is O=C(Nc1ccc2nc(-c3ccccc3)[nH]c2c1)C1CCCCCCCCC1. The number of nitrogens with zero attached hydrogens (tertiary/aromatic N) is 1. The minimum absolute atomic E-state index is 0.135. The van der Waals surface area contributed by atoms with Crippen molar-refractivity contribution in [3.63, 3.8) is 0 Å². The van der Waals surface area contributed by atoms with E-state index in [1.165, 1.54) is 32.1 Å². The number of imidazole rings is 1. The van der Waals surface area contributed by atoms with Crippen LogP contribution < -0.4 is 5.32 Å². The number of H-pyrrole nitrogens is 1. The van der Waals surface area contributed by atoms with E-state index < -0.39 is 0 Å². The minimum Gasteiger partial charge on any atom is -0.338 e. The van der Waals surface area contributed by atoms with Gasteiger partial charge in [-0.3, -0.25) is 4.79 Å². The Morgan fingerprint density at radius 1 is 0.893 bits per heavy atom. The first-order valence-electron chi connectivity index (χ1n) is 10.7. The first kappa shape index (κ1) is 18.7. The fraction of sp³-hybridized carbons (Fsp3) is 0.417. The van der Waals surface area contributed by atoms with Gasteiger partial charge in [0.15, 0.2) is 0 Å². The maximum Gasteiger partial charge on any atom is 0.227 e. The van der Waals surface area contributed by atoms with E-state index in [1.807, 2.05) is 48.5 Å². The fourth-order valence-electron chi connectivity index (χ4n) is 4.14. The van der Waals surface area contributed by atoms with Crippen molar-refractivity contribution < 1.29 is 4.79 Å². The molecular weight excluding hydrogens is 346 g/mol. The average molecular weight is 376 g/mol. The third-order valence-electron chi connectivity index (χ3n) is 5.77. The third kappa shape index (κ3) is 4.61. The molecule has 1 amide bonds. The number of anilines is 1. The molecule has 0 aliphatic heterocycles. The number of benzene rings is 2. The molecule has 2 N–H and O–H groups in total. The molecule has 1 aliphatic rings. The largest absolute Gasteiger partial charge is 0.338 e. The topological polar surface area (TPSA) is 57.8 Å². The maximum absolute atomic E-state index is 12.9. The average Bonchev–Trinajstić information content (AvgIpc) is 3.16. The Hall–Kier alpha value is -2.62. The molecule has 0 bridgehead atoms. The Labute approximate surface area is 166 Å². The summed E-state index contributed by atoms with van der Waals surface area (Å²) in [6, 6.07) is 16.0. The van der Waals surface area contributed by atoms with Crippen LogP contribution in [0.25, 0.3) is 22.4 Å². The second kappa shape index (κ2) is 9.05. The van der Waals surface area contributed by atoms with Crippen LogP contribution in [0.3, 0.4) is 0 Å². The molecule has 1 aliphatic carbocycles. The van der Waals surface area contributed by atoms with E-state index in [1.54, 1.807) is 0 Å². The van der Waals surface area contributed by atoms with Crippen LogP contribution in [0.15, 0.2) is 48.5 Å². The molecule has 3 aromatic rings. The standard InChI is InChI=1S/C24H29N3O/c28-24(19-13-7-4-2-1-3-5-8-14-19)25-20-15-16-21-22(17-20)27-23(26-21)18-11-9-6-10-12-18/h6,9-12,15-17,19H,1-5,7-8,13-14H2,(H,25,28)(H,26,27). The fourth-order valence-corrected chi connectivity index (χ4v) is 4.14. The molecule has 0 saturated heterocycles. The molecule has 4 nitrogen and oxygen atoms in total. The molecule has 4 heteroatoms. The zero-order chi connectivity index (χ0) is 19.2. The van der Waals surface area contributed by atoms with Gasteiger partial charge in [0.2, 0.25) is 5.91 Å². The van der Waals surface area contributed by atoms with E-state index in [0.29, 0.717) is 0 Å². The van der Waals surface area contributed by atoms with E-state index in [9.17, 15) is 4.79 Å². The Bertz CT molecular complexity index is 906. The summed E-state index contributed by atoms with van der Waals surface area (Å²) >= 11 is 0. The van der Waals surface area contributed by atoms with Crippen molar-refractivity contribution >= 4 is 22.6 Å². The molecule has 28 heavy (non-hydrogen) atoms. The molecular formula is C24H29N3O. The van der Waals surface area contributed by atoms with E-state index >= 15 is 0 Å². The Morgan fingerprint density at radius 2 is 1.57 bits per heavy atom. The molecule has 146 valence electrons. The molecule has 4 rings (SSSR count). The number of carbonyl (C=O) groups excluding carboxylic acids is 1. The van der Waals surface area contributed by atoms with Gasteiger partial charge < -0.3 is 10.3 Å². The van der Waals surface area contributed by atoms with E-state index in [2.05, 4.69) is 15.3 Å². The molecule has 0 atom stereocenters. The number of carbonyl (C=O) groups is 1. The number of amides is 1. The van der Waals surface area contributed by atoms with Gasteiger partial charge >= 0.3 is 0 Å². The van der Waals surface area contributed by atoms with Gasteiger partial charge in [-0.15, -0.1) is 0 Å². The van der Waals surface area contributed by atoms with Gasteiger partial charge in [-0.2, -0.15) is 0 Å². The van der Waals surface area contributed by atoms with E-state index in [4.69, 9.17) is 0 Å². The van der Waals surface area contributed by atoms with Crippen molar-refractivity contribution in [2.45, 2.75) is 57.8 Å². The van der Waals surface area contributed by atoms with Crippen LogP contribution in [0, 0.1) is 5.92 Å². The van der Waals surface area contributed by atoms with Crippen molar-refractivity contribution in [2.75, 3.05) is 5.32 Å². The van der Waals surface area contributed by atoms with E-state index in [0.717, 1.165) is 53.8 Å². The highest BCUT2D eigenvalue weighted by atomic mass is 16.1. The van der Waals surface area contributed by atoms with E-state index in [-0.39, 0.29) is 11.8 Å². The summed E-state index contributed by atoms with van der Waals surface area (Å²) in [5.41, 5.74) is 3.77. The monoisotopic (exact) mass is 375 g/mol. The highest BCUT2D eigenvalue weighted by molar-refractivity contribution is 5.94. The number of hydrogen-bond donors (Lipinski definition) is 2. The Balaban J connectivity index is 1.46. The molecule has 0 unspecified atom stereocenters. The lowest BCUT2D eigenvalue weighted by molar-refractivity contribution is -0.120. The molecule has 1 aromatic heterocycles. The summed E-state index contributed by atoms with van der Waals surface area (Å²) in [6.07, 6.45) is 10.8. The number of aromatic nitrogens is 2. The van der Waals surface area contributed by atoms with Crippen LogP contribution in [0.1, 0.15) is 57.8 Å². The zero-order valence-corrected chi connectivity index (χ0v) is 16.4. The zero-order valence-electron chi connectivity index (χ0n) is 16.4. The smallest absolute Gasteiger partial charge is 0.227 e. The number of fused-ring (bicyclic) bond motifs is 1. The Morgan fingerprint density at radius 3 is 2.29 bits per heavy atom. The van der Waals surface area contributed by atoms with Crippen LogP contribution >= 0.6 is 0 Å². The van der Waals surface area contributed by atoms with Gasteiger partial charge in [-0.05, 0) is 31.0 Å². The third-order valence-corrected chi connectivity index (χ3v) is 5.77. The predicted molar refractivity (Wildman–Crippen MR) is 115 cm³/mol. The van der Waals surface area contributed by atoms with Crippen molar-refractivity contribution in [1.29, 1.82) is 0 Å². The van der Waals surface area contributed by atoms with Crippen LogP contribution in [0.4, 0.5) is 5.69 Å². The van der Waals surface area contributed by atoms with Crippen LogP contribution in [-0.2, 0) is 4.79 Å². The Kier molecular flexibility index (Phi) is 6.05. The van der Waals surface area contributed by atoms with Crippen molar-refractivity contribution in [1.82, 2.24) is 9.97 Å². The van der Waals surface area contributed by atoms with Crippen LogP contribution in [0.2, 0.25) is 0 Å². The summed E-state index contributed by atoms with van der Waals surface area (Å²) in [5, 5.41) is 3.15. The van der Waals surface area contributed by atoms with Crippen molar-refractivity contribution in [2.24, 2.45) is 5.92 Å². The molecule has 0 spiro atoms. The normalized spacial score (nSPS) is 16.7. The van der Waals surface area contributed by atoms with Gasteiger partial charge in [0.05, 0.1) is 11.0 Å². The number of aromatic amines is 1. The lowest BCUT2D eigenvalue weighted by atomic mass is 9.91. The summed E-state index contributed by atoms with van der Waals surface area (Å²) in [5.74, 6) is 1.16. The van der Waals surface area contributed by atoms with Crippen molar-refractivity contribution in [3.05, 3.63) is 48.5 Å². The summed E-state index contributed by atoms with van der Waals surface area (Å²) < 4.78 is 0. The van der Waals surface area contributed by atoms with Crippen LogP contribution in [-0.4, -0.2) is 15.9 Å². The molecule has 2 aromatic carbocycles. The number of hydrogen-bond acceptors (Lipinski definition) is 2. The maximum atomic E-state index is 12.9. The second-order valence-electron chi connectivity index (χ2n) is 7.92. The minimum atomic E-state index is 0.135. The van der Waals surface area contributed by atoms with Crippen LogP contribution in [0.5, 0.6) is 0 Å². The second-order valence-corrected chi connectivity index (χ2v) is 7.92. The van der Waals surface area contributed by atoms with Crippen molar-refractivity contribution in [3.8, 4) is 11.4 Å². The molecule has 1 heterocycles. The van der Waals surface area contributed by atoms with Gasteiger partial charge in [0.25, 0.3) is 0 Å². The number of rotatable bonds is 3. The number of nitrogens with one attached hydrogen (secondary N) is 2. The summed E-state index contributed by atoms with van der Waals surface area (Å²) in [7, 11) is 0. The summed E-state index contributed by atoms with van der Waals surface area (Å²) in [6.45, 7) is 0. The van der Waals surface area contributed by atoms with Gasteiger partial charge in [0.1, 0.15) is 5.82 Å². The molecule has 1 fully saturated rings. The first-order valence-corrected chi connectivity index (χ1v) is 10.7. The lowest BCUT2D eigenvalue weighted by Gasteiger charge is -2.18. The summed E-state index contributed by atoms with van der Waals surface area (Å²) in [4.78, 5) is 20.9. The molecule has 1 saturated carbocycles. The highest BCUT2D eigenvalue weighted by Crippen LogP contribution is 2.25. The highest BCUT2D eigenvalue weighted by Gasteiger charge is 2.19. The molecule has 0 radical (unpaired) electrons.